The number of carbonyl (C=O) groups is 4. The number of aliphatic hydroxyl groups excluding tert-OH is 1. The van der Waals surface area contributed by atoms with Crippen LogP contribution in [0.15, 0.2) is 84.9 Å². The fourth-order valence-electron chi connectivity index (χ4n) is 5.53. The minimum atomic E-state index is -2.68. The molecule has 0 amide bonds. The SMILES string of the molecule is CC(C)(C)[Si](C)(C)OC1C(COC(=O)c2ccccc2)OC(O)[C@H](C2C(=O)c3ccccc3C2=O)[C@H]1OC(=O)c1ccccc1. The molecule has 0 bridgehead atoms. The first-order chi connectivity index (χ1) is 21.3. The minimum Gasteiger partial charge on any atom is -0.459 e. The van der Waals surface area contributed by atoms with Crippen molar-refractivity contribution in [3.8, 4) is 0 Å². The van der Waals surface area contributed by atoms with Crippen molar-refractivity contribution in [3.63, 3.8) is 0 Å². The molecular formula is C35H38O9Si. The number of fused-ring (bicyclic) bond motifs is 1. The normalized spacial score (nSPS) is 23.8. The number of esters is 2. The van der Waals surface area contributed by atoms with Crippen LogP contribution in [-0.2, 0) is 18.6 Å². The van der Waals surface area contributed by atoms with Crippen LogP contribution in [-0.4, -0.2) is 68.1 Å². The zero-order valence-corrected chi connectivity index (χ0v) is 27.0. The molecule has 3 aromatic rings. The van der Waals surface area contributed by atoms with Gasteiger partial charge in [0.05, 0.1) is 23.0 Å². The summed E-state index contributed by atoms with van der Waals surface area (Å²) in [5.41, 5.74) is 1.02. The molecule has 3 aromatic carbocycles. The summed E-state index contributed by atoms with van der Waals surface area (Å²) in [5, 5.41) is 11.2. The van der Waals surface area contributed by atoms with E-state index in [0.29, 0.717) is 5.56 Å². The van der Waals surface area contributed by atoms with Gasteiger partial charge in [0.1, 0.15) is 24.9 Å². The van der Waals surface area contributed by atoms with E-state index >= 15 is 0 Å². The van der Waals surface area contributed by atoms with Crippen LogP contribution in [0.5, 0.6) is 0 Å². The van der Waals surface area contributed by atoms with Gasteiger partial charge in [0.25, 0.3) is 0 Å². The molecule has 9 nitrogen and oxygen atoms in total. The first-order valence-corrected chi connectivity index (χ1v) is 17.9. The van der Waals surface area contributed by atoms with Gasteiger partial charge in [-0.25, -0.2) is 9.59 Å². The van der Waals surface area contributed by atoms with E-state index < -0.39 is 68.3 Å². The standard InChI is InChI=1S/C35H38O9Si/c1-35(2,3)45(4,5)44-30-25(20-41-32(38)21-14-8-6-9-15-21)42-34(40)27(31(30)43-33(39)22-16-10-7-11-17-22)26-28(36)23-18-12-13-19-24(23)29(26)37/h6-19,25-27,30-31,34,40H,20H2,1-5H3/t25?,27-,30?,31-,34?/m1/s1. The Bertz CT molecular complexity index is 1530. The zero-order chi connectivity index (χ0) is 32.5. The lowest BCUT2D eigenvalue weighted by atomic mass is 9.78. The number of ketones is 2. The maximum atomic E-state index is 13.7. The van der Waals surface area contributed by atoms with Crippen LogP contribution in [0.1, 0.15) is 62.2 Å². The van der Waals surface area contributed by atoms with E-state index in [2.05, 4.69) is 0 Å². The Hall–Kier alpha value is -3.96. The number of rotatable bonds is 8. The maximum absolute atomic E-state index is 13.7. The highest BCUT2D eigenvalue weighted by Crippen LogP contribution is 2.44. The lowest BCUT2D eigenvalue weighted by Gasteiger charge is -2.49. The van der Waals surface area contributed by atoms with Gasteiger partial charge in [-0.2, -0.15) is 0 Å². The summed E-state index contributed by atoms with van der Waals surface area (Å²) in [7, 11) is -2.68. The first kappa shape index (κ1) is 32.4. The summed E-state index contributed by atoms with van der Waals surface area (Å²) in [6, 6.07) is 23.1. The smallest absolute Gasteiger partial charge is 0.338 e. The molecule has 1 aliphatic heterocycles. The van der Waals surface area contributed by atoms with Gasteiger partial charge < -0.3 is 23.7 Å². The fourth-order valence-corrected chi connectivity index (χ4v) is 6.85. The Kier molecular flexibility index (Phi) is 9.23. The monoisotopic (exact) mass is 630 g/mol. The highest BCUT2D eigenvalue weighted by atomic mass is 28.4. The molecule has 1 heterocycles. The molecular weight excluding hydrogens is 592 g/mol. The second-order valence-electron chi connectivity index (χ2n) is 12.9. The van der Waals surface area contributed by atoms with E-state index in [1.54, 1.807) is 84.9 Å². The van der Waals surface area contributed by atoms with Gasteiger partial charge in [0, 0.05) is 11.1 Å². The molecule has 3 unspecified atom stereocenters. The molecule has 236 valence electrons. The fraction of sp³-hybridized carbons (Fsp3) is 0.371. The predicted octanol–water partition coefficient (Wildman–Crippen LogP) is 5.49. The van der Waals surface area contributed by atoms with Crippen molar-refractivity contribution in [2.75, 3.05) is 6.61 Å². The van der Waals surface area contributed by atoms with Crippen LogP contribution in [0.4, 0.5) is 0 Å². The average Bonchev–Trinajstić information content (AvgIpc) is 3.26. The summed E-state index contributed by atoms with van der Waals surface area (Å²) in [6.45, 7) is 9.75. The van der Waals surface area contributed by atoms with Crippen molar-refractivity contribution in [1.29, 1.82) is 0 Å². The lowest BCUT2D eigenvalue weighted by Crippen LogP contribution is -2.64. The van der Waals surface area contributed by atoms with Crippen molar-refractivity contribution in [3.05, 3.63) is 107 Å². The molecule has 0 saturated carbocycles. The van der Waals surface area contributed by atoms with E-state index in [0.717, 1.165) is 0 Å². The molecule has 0 spiro atoms. The average molecular weight is 631 g/mol. The first-order valence-electron chi connectivity index (χ1n) is 15.0. The number of hydrogen-bond donors (Lipinski definition) is 1. The van der Waals surface area contributed by atoms with Crippen LogP contribution < -0.4 is 0 Å². The molecule has 1 N–H and O–H groups in total. The van der Waals surface area contributed by atoms with E-state index in [1.165, 1.54) is 0 Å². The number of ether oxygens (including phenoxy) is 3. The molecule has 1 saturated heterocycles. The molecule has 0 aromatic heterocycles. The topological polar surface area (TPSA) is 125 Å². The van der Waals surface area contributed by atoms with Crippen LogP contribution >= 0.6 is 0 Å². The van der Waals surface area contributed by atoms with Gasteiger partial charge in [-0.3, -0.25) is 9.59 Å². The number of hydrogen-bond acceptors (Lipinski definition) is 9. The van der Waals surface area contributed by atoms with E-state index in [9.17, 15) is 24.3 Å². The third kappa shape index (κ3) is 6.55. The molecule has 2 aliphatic rings. The van der Waals surface area contributed by atoms with Crippen LogP contribution in [0.25, 0.3) is 0 Å². The summed E-state index contributed by atoms with van der Waals surface area (Å²) in [5.74, 6) is -5.02. The molecule has 5 rings (SSSR count). The van der Waals surface area contributed by atoms with Crippen LogP contribution in [0, 0.1) is 11.8 Å². The second-order valence-corrected chi connectivity index (χ2v) is 17.7. The molecule has 1 fully saturated rings. The maximum Gasteiger partial charge on any atom is 0.338 e. The van der Waals surface area contributed by atoms with Crippen LogP contribution in [0.3, 0.4) is 0 Å². The zero-order valence-electron chi connectivity index (χ0n) is 26.0. The van der Waals surface area contributed by atoms with Crippen molar-refractivity contribution < 1.29 is 42.9 Å². The van der Waals surface area contributed by atoms with Gasteiger partial charge in [-0.15, -0.1) is 0 Å². The minimum absolute atomic E-state index is 0.230. The Labute approximate surface area is 263 Å². The van der Waals surface area contributed by atoms with Crippen LogP contribution in [0.2, 0.25) is 18.1 Å². The Morgan fingerprint density at radius 3 is 1.78 bits per heavy atom. The van der Waals surface area contributed by atoms with Gasteiger partial charge in [0.2, 0.25) is 0 Å². The quantitative estimate of drug-likeness (QED) is 0.195. The van der Waals surface area contributed by atoms with E-state index in [1.807, 2.05) is 33.9 Å². The van der Waals surface area contributed by atoms with E-state index in [-0.39, 0.29) is 28.3 Å². The lowest BCUT2D eigenvalue weighted by molar-refractivity contribution is -0.269. The Morgan fingerprint density at radius 2 is 1.27 bits per heavy atom. The molecule has 1 aliphatic carbocycles. The van der Waals surface area contributed by atoms with Gasteiger partial charge in [-0.05, 0) is 42.4 Å². The molecule has 10 heteroatoms. The summed E-state index contributed by atoms with van der Waals surface area (Å²) < 4.78 is 24.7. The molecule has 5 atom stereocenters. The number of Topliss-reactive ketones (excluding diaryl/α,β-unsaturated/α-hetero) is 2. The number of aliphatic hydroxyl groups is 1. The van der Waals surface area contributed by atoms with E-state index in [4.69, 9.17) is 18.6 Å². The van der Waals surface area contributed by atoms with Crippen molar-refractivity contribution in [2.24, 2.45) is 11.8 Å². The second kappa shape index (κ2) is 12.8. The Morgan fingerprint density at radius 1 is 0.778 bits per heavy atom. The highest BCUT2D eigenvalue weighted by molar-refractivity contribution is 6.74. The highest BCUT2D eigenvalue weighted by Gasteiger charge is 2.58. The predicted molar refractivity (Wildman–Crippen MR) is 167 cm³/mol. The third-order valence-electron chi connectivity index (χ3n) is 9.00. The Balaban J connectivity index is 1.56. The summed E-state index contributed by atoms with van der Waals surface area (Å²) in [6.07, 6.45) is -5.24. The largest absolute Gasteiger partial charge is 0.459 e. The third-order valence-corrected chi connectivity index (χ3v) is 13.5. The van der Waals surface area contributed by atoms with Crippen molar-refractivity contribution in [1.82, 2.24) is 0 Å². The van der Waals surface area contributed by atoms with Gasteiger partial charge in [0.15, 0.2) is 26.2 Å². The van der Waals surface area contributed by atoms with Crippen molar-refractivity contribution in [2.45, 2.75) is 63.5 Å². The number of carbonyl (C=O) groups excluding carboxylic acids is 4. The van der Waals surface area contributed by atoms with Gasteiger partial charge in [-0.1, -0.05) is 81.4 Å². The number of benzene rings is 3. The molecule has 45 heavy (non-hydrogen) atoms. The summed E-state index contributed by atoms with van der Waals surface area (Å²) in [4.78, 5) is 53.9. The van der Waals surface area contributed by atoms with Crippen molar-refractivity contribution >= 4 is 31.8 Å². The van der Waals surface area contributed by atoms with Gasteiger partial charge >= 0.3 is 11.9 Å². The summed E-state index contributed by atoms with van der Waals surface area (Å²) >= 11 is 0. The molecule has 0 radical (unpaired) electrons.